The number of aromatic nitrogens is 2. The summed E-state index contributed by atoms with van der Waals surface area (Å²) < 4.78 is 0. The van der Waals surface area contributed by atoms with Crippen LogP contribution in [0.25, 0.3) is 22.3 Å². The zero-order chi connectivity index (χ0) is 42.1. The van der Waals surface area contributed by atoms with Gasteiger partial charge in [-0.3, -0.25) is 0 Å². The monoisotopic (exact) mass is 891 g/mol. The topological polar surface area (TPSA) is 52.9 Å². The SMILES string of the molecule is [Cu+2].c1ccc(C2=C3N=C(C4=C3CCCC4)C(c3ccccc3)=c3[n-]c(c4c3CCCC4)=C(c3ccccc3)C3=NC(=C(c4ccccc4)c4[n-]c2c2c4CCCC2)C2=C3CCCC2)cc1. The summed E-state index contributed by atoms with van der Waals surface area (Å²) in [6.07, 6.45) is 17.4. The maximum Gasteiger partial charge on any atom is 2.00 e. The van der Waals surface area contributed by atoms with E-state index in [2.05, 4.69) is 121 Å². The average molecular weight is 893 g/mol. The van der Waals surface area contributed by atoms with E-state index in [-0.39, 0.29) is 17.1 Å². The van der Waals surface area contributed by atoms with Gasteiger partial charge in [-0.1, -0.05) is 144 Å². The first-order chi connectivity index (χ1) is 31.8. The van der Waals surface area contributed by atoms with E-state index in [9.17, 15) is 0 Å². The molecule has 0 amide bonds. The van der Waals surface area contributed by atoms with Crippen LogP contribution in [0.1, 0.15) is 133 Å². The zero-order valence-corrected chi connectivity index (χ0v) is 37.9. The van der Waals surface area contributed by atoms with Crippen molar-refractivity contribution in [2.45, 2.75) is 103 Å². The van der Waals surface area contributed by atoms with Crippen LogP contribution in [-0.2, 0) is 42.8 Å². The Labute approximate surface area is 393 Å². The van der Waals surface area contributed by atoms with Gasteiger partial charge >= 0.3 is 17.1 Å². The Morgan fingerprint density at radius 2 is 0.615 bits per heavy atom. The molecule has 7 aliphatic rings. The number of rotatable bonds is 4. The van der Waals surface area contributed by atoms with E-state index in [1.54, 1.807) is 0 Å². The molecule has 0 spiro atoms. The zero-order valence-electron chi connectivity index (χ0n) is 37.0. The van der Waals surface area contributed by atoms with Crippen molar-refractivity contribution in [3.05, 3.63) is 222 Å². The normalized spacial score (nSPS) is 19.1. The Kier molecular flexibility index (Phi) is 10.5. The molecule has 5 aliphatic carbocycles. The molecule has 65 heavy (non-hydrogen) atoms. The van der Waals surface area contributed by atoms with Crippen LogP contribution < -0.4 is 20.7 Å². The molecule has 323 valence electrons. The van der Waals surface area contributed by atoms with Gasteiger partial charge in [-0.15, -0.1) is 22.1 Å². The molecule has 4 heterocycles. The minimum atomic E-state index is 0. The maximum atomic E-state index is 6.05. The van der Waals surface area contributed by atoms with Crippen LogP contribution in [0.15, 0.2) is 165 Å². The molecule has 6 aromatic rings. The molecule has 0 saturated carbocycles. The van der Waals surface area contributed by atoms with E-state index in [1.165, 1.54) is 89.1 Å². The molecule has 5 heteroatoms. The van der Waals surface area contributed by atoms with E-state index in [0.717, 1.165) is 148 Å². The predicted octanol–water partition coefficient (Wildman–Crippen LogP) is 11.6. The van der Waals surface area contributed by atoms with Gasteiger partial charge in [0.05, 0.1) is 22.8 Å². The van der Waals surface area contributed by atoms with Gasteiger partial charge < -0.3 is 9.97 Å². The summed E-state index contributed by atoms with van der Waals surface area (Å²) >= 11 is 0. The van der Waals surface area contributed by atoms with Gasteiger partial charge in [-0.25, -0.2) is 9.98 Å². The van der Waals surface area contributed by atoms with Gasteiger partial charge in [0.1, 0.15) is 0 Å². The van der Waals surface area contributed by atoms with Gasteiger partial charge in [0.25, 0.3) is 0 Å². The molecule has 0 atom stereocenters. The smallest absolute Gasteiger partial charge is 0.656 e. The summed E-state index contributed by atoms with van der Waals surface area (Å²) in [6.45, 7) is 0. The molecule has 4 aromatic carbocycles. The molecular formula is C60H52CuN4. The Bertz CT molecular complexity index is 3010. The van der Waals surface area contributed by atoms with E-state index >= 15 is 0 Å². The van der Waals surface area contributed by atoms with Crippen LogP contribution >= 0.6 is 0 Å². The molecule has 8 bridgehead atoms. The van der Waals surface area contributed by atoms with E-state index < -0.39 is 0 Å². The van der Waals surface area contributed by atoms with Crippen LogP contribution in [0.5, 0.6) is 0 Å². The third-order valence-electron chi connectivity index (χ3n) is 15.2. The molecular weight excluding hydrogens is 840 g/mol. The van der Waals surface area contributed by atoms with Crippen molar-refractivity contribution in [2.24, 2.45) is 9.98 Å². The van der Waals surface area contributed by atoms with Crippen LogP contribution in [0, 0.1) is 0 Å². The summed E-state index contributed by atoms with van der Waals surface area (Å²) in [5.41, 5.74) is 27.6. The molecule has 0 fully saturated rings. The van der Waals surface area contributed by atoms with Crippen molar-refractivity contribution < 1.29 is 17.1 Å². The summed E-state index contributed by atoms with van der Waals surface area (Å²) in [6, 6.07) is 44.5. The third kappa shape index (κ3) is 6.60. The number of hydrogen-bond donors (Lipinski definition) is 0. The molecule has 2 aromatic heterocycles. The average Bonchev–Trinajstić information content (AvgIpc) is 4.14. The van der Waals surface area contributed by atoms with Crippen LogP contribution in [0.2, 0.25) is 0 Å². The number of aliphatic imine (C=N–C) groups is 2. The molecule has 0 unspecified atom stereocenters. The van der Waals surface area contributed by atoms with Crippen LogP contribution in [0.4, 0.5) is 0 Å². The predicted molar refractivity (Wildman–Crippen MR) is 261 cm³/mol. The Hall–Kier alpha value is -6.00. The van der Waals surface area contributed by atoms with Crippen molar-refractivity contribution in [2.75, 3.05) is 0 Å². The van der Waals surface area contributed by atoms with Crippen LogP contribution in [-0.4, -0.2) is 11.4 Å². The fourth-order valence-corrected chi connectivity index (χ4v) is 12.3. The fraction of sp³-hybridized carbons (Fsp3) is 0.267. The molecule has 4 nitrogen and oxygen atoms in total. The van der Waals surface area contributed by atoms with Gasteiger partial charge in [0, 0.05) is 0 Å². The second kappa shape index (κ2) is 16.8. The summed E-state index contributed by atoms with van der Waals surface area (Å²) in [5.74, 6) is 0. The third-order valence-corrected chi connectivity index (χ3v) is 15.2. The molecule has 1 radical (unpaired) electrons. The maximum absolute atomic E-state index is 6.05. The van der Waals surface area contributed by atoms with Crippen molar-refractivity contribution >= 4 is 33.7 Å². The number of allylic oxidation sites excluding steroid dienone is 4. The second-order valence-electron chi connectivity index (χ2n) is 18.9. The second-order valence-corrected chi connectivity index (χ2v) is 18.9. The van der Waals surface area contributed by atoms with Crippen molar-refractivity contribution in [1.29, 1.82) is 0 Å². The molecule has 2 aliphatic heterocycles. The molecule has 13 rings (SSSR count). The molecule has 0 N–H and O–H groups in total. The standard InChI is InChI=1S/C60H52N4.Cu/c1-5-21-37(22-6-1)49-53-41-29-13-15-31-43(41)55(61-53)50(38-23-7-2-8-24-38)57-45-33-17-19-35-47(45)59(63-57)52(40-27-11-4-12-28-40)60-48-36-20-18-34-46(48)58(64-60)51(39-25-9-3-10-26-39)56-44-32-16-14-30-42(44)54(49)62-56;/h1-12,21-28H,13-20,29-36H2;/q-2;+2. The number of nitrogens with zero attached hydrogens (tertiary/aromatic N) is 4. The first kappa shape index (κ1) is 40.5. The van der Waals surface area contributed by atoms with Gasteiger partial charge in [0.2, 0.25) is 0 Å². The van der Waals surface area contributed by atoms with E-state index in [1.807, 2.05) is 0 Å². The molecule has 0 saturated heterocycles. The van der Waals surface area contributed by atoms with Gasteiger partial charge in [-0.05, 0) is 170 Å². The Morgan fingerprint density at radius 1 is 0.308 bits per heavy atom. The number of hydrogen-bond acceptors (Lipinski definition) is 2. The first-order valence-electron chi connectivity index (χ1n) is 24.3. The summed E-state index contributed by atoms with van der Waals surface area (Å²) in [4.78, 5) is 24.2. The quantitative estimate of drug-likeness (QED) is 0.166. The first-order valence-corrected chi connectivity index (χ1v) is 24.3. The Balaban J connectivity index is 0.00000444. The van der Waals surface area contributed by atoms with Crippen molar-refractivity contribution in [3.8, 4) is 0 Å². The number of benzene rings is 4. The summed E-state index contributed by atoms with van der Waals surface area (Å²) in [7, 11) is 0. The minimum absolute atomic E-state index is 0. The Morgan fingerprint density at radius 3 is 0.985 bits per heavy atom. The van der Waals surface area contributed by atoms with E-state index in [0.29, 0.717) is 0 Å². The van der Waals surface area contributed by atoms with Crippen molar-refractivity contribution in [3.63, 3.8) is 0 Å². The van der Waals surface area contributed by atoms with Crippen LogP contribution in [0.3, 0.4) is 0 Å². The minimum Gasteiger partial charge on any atom is -0.656 e. The van der Waals surface area contributed by atoms with Gasteiger partial charge in [0.15, 0.2) is 0 Å². The van der Waals surface area contributed by atoms with Crippen molar-refractivity contribution in [1.82, 2.24) is 9.97 Å². The van der Waals surface area contributed by atoms with E-state index in [4.69, 9.17) is 20.0 Å². The fourth-order valence-electron chi connectivity index (χ4n) is 12.3. The summed E-state index contributed by atoms with van der Waals surface area (Å²) in [5, 5.41) is 2.25. The largest absolute Gasteiger partial charge is 2.00 e. The van der Waals surface area contributed by atoms with Gasteiger partial charge in [-0.2, -0.15) is 0 Å².